The van der Waals surface area contributed by atoms with Gasteiger partial charge in [-0.05, 0) is 35.6 Å². The van der Waals surface area contributed by atoms with Crippen LogP contribution >= 0.6 is 11.3 Å². The summed E-state index contributed by atoms with van der Waals surface area (Å²) in [4.78, 5) is 1.41. The van der Waals surface area contributed by atoms with Gasteiger partial charge < -0.3 is 5.73 Å². The van der Waals surface area contributed by atoms with Crippen molar-refractivity contribution < 1.29 is 0 Å². The van der Waals surface area contributed by atoms with Gasteiger partial charge >= 0.3 is 0 Å². The SMILES string of the molecule is CC(CC(N)Cc1cccs1)C(C)(C)C. The van der Waals surface area contributed by atoms with E-state index in [4.69, 9.17) is 5.73 Å². The second-order valence-corrected chi connectivity index (χ2v) is 6.58. The second kappa shape index (κ2) is 5.13. The van der Waals surface area contributed by atoms with Crippen LogP contribution in [0, 0.1) is 11.3 Å². The Balaban J connectivity index is 2.39. The summed E-state index contributed by atoms with van der Waals surface area (Å²) in [5.74, 6) is 0.674. The van der Waals surface area contributed by atoms with Crippen molar-refractivity contribution in [1.29, 1.82) is 0 Å². The largest absolute Gasteiger partial charge is 0.327 e. The normalized spacial score (nSPS) is 16.3. The maximum absolute atomic E-state index is 6.17. The average Bonchev–Trinajstić information content (AvgIpc) is 2.54. The van der Waals surface area contributed by atoms with Crippen molar-refractivity contribution in [2.45, 2.75) is 46.6 Å². The van der Waals surface area contributed by atoms with E-state index in [9.17, 15) is 0 Å². The molecule has 1 rings (SSSR count). The van der Waals surface area contributed by atoms with E-state index in [1.165, 1.54) is 4.88 Å². The van der Waals surface area contributed by atoms with Crippen molar-refractivity contribution >= 4 is 11.3 Å². The highest BCUT2D eigenvalue weighted by Crippen LogP contribution is 2.29. The zero-order valence-electron chi connectivity index (χ0n) is 10.3. The standard InChI is InChI=1S/C13H23NS/c1-10(13(2,3)4)8-11(14)9-12-6-5-7-15-12/h5-7,10-11H,8-9,14H2,1-4H3. The van der Waals surface area contributed by atoms with Crippen LogP contribution in [0.1, 0.15) is 39.0 Å². The van der Waals surface area contributed by atoms with Gasteiger partial charge in [-0.3, -0.25) is 0 Å². The number of hydrogen-bond acceptors (Lipinski definition) is 2. The minimum absolute atomic E-state index is 0.304. The fourth-order valence-corrected chi connectivity index (χ4v) is 2.38. The smallest absolute Gasteiger partial charge is 0.00899 e. The van der Waals surface area contributed by atoms with Gasteiger partial charge in [-0.1, -0.05) is 33.8 Å². The van der Waals surface area contributed by atoms with Gasteiger partial charge in [0.25, 0.3) is 0 Å². The highest BCUT2D eigenvalue weighted by atomic mass is 32.1. The molecule has 2 atom stereocenters. The molecule has 0 amide bonds. The molecular formula is C13H23NS. The molecule has 0 saturated heterocycles. The Bertz CT molecular complexity index is 271. The van der Waals surface area contributed by atoms with Crippen LogP contribution in [0.3, 0.4) is 0 Å². The summed E-state index contributed by atoms with van der Waals surface area (Å²) in [5, 5.41) is 2.12. The van der Waals surface area contributed by atoms with Gasteiger partial charge in [-0.25, -0.2) is 0 Å². The second-order valence-electron chi connectivity index (χ2n) is 5.55. The molecule has 0 aliphatic carbocycles. The third kappa shape index (κ3) is 4.35. The molecule has 1 aromatic rings. The van der Waals surface area contributed by atoms with Crippen LogP contribution < -0.4 is 5.73 Å². The Morgan fingerprint density at radius 2 is 2.07 bits per heavy atom. The van der Waals surface area contributed by atoms with E-state index in [1.54, 1.807) is 11.3 Å². The van der Waals surface area contributed by atoms with Gasteiger partial charge in [0.1, 0.15) is 0 Å². The van der Waals surface area contributed by atoms with E-state index < -0.39 is 0 Å². The van der Waals surface area contributed by atoms with Gasteiger partial charge in [0.05, 0.1) is 0 Å². The summed E-state index contributed by atoms with van der Waals surface area (Å²) in [7, 11) is 0. The molecule has 0 radical (unpaired) electrons. The summed E-state index contributed by atoms with van der Waals surface area (Å²) in [6.45, 7) is 9.16. The minimum Gasteiger partial charge on any atom is -0.327 e. The molecular weight excluding hydrogens is 202 g/mol. The molecule has 1 heterocycles. The molecule has 15 heavy (non-hydrogen) atoms. The number of thiophene rings is 1. The molecule has 1 nitrogen and oxygen atoms in total. The number of hydrogen-bond donors (Lipinski definition) is 1. The van der Waals surface area contributed by atoms with Crippen molar-refractivity contribution in [3.63, 3.8) is 0 Å². The number of nitrogens with two attached hydrogens (primary N) is 1. The number of rotatable bonds is 4. The fourth-order valence-electron chi connectivity index (χ4n) is 1.58. The van der Waals surface area contributed by atoms with Crippen LogP contribution in [0.4, 0.5) is 0 Å². The van der Waals surface area contributed by atoms with E-state index in [1.807, 2.05) is 0 Å². The lowest BCUT2D eigenvalue weighted by atomic mass is 9.78. The van der Waals surface area contributed by atoms with Crippen LogP contribution in [-0.2, 0) is 6.42 Å². The van der Waals surface area contributed by atoms with E-state index in [0.29, 0.717) is 17.4 Å². The highest BCUT2D eigenvalue weighted by Gasteiger charge is 2.22. The van der Waals surface area contributed by atoms with Crippen molar-refractivity contribution in [3.05, 3.63) is 22.4 Å². The molecule has 0 aliphatic heterocycles. The molecule has 1 aromatic heterocycles. The lowest BCUT2D eigenvalue weighted by molar-refractivity contribution is 0.233. The molecule has 0 aliphatic rings. The summed E-state index contributed by atoms with van der Waals surface area (Å²) in [5.41, 5.74) is 6.54. The van der Waals surface area contributed by atoms with Gasteiger partial charge in [0.2, 0.25) is 0 Å². The summed E-state index contributed by atoms with van der Waals surface area (Å²) in [6.07, 6.45) is 2.14. The first-order valence-electron chi connectivity index (χ1n) is 5.67. The lowest BCUT2D eigenvalue weighted by Gasteiger charge is -2.29. The van der Waals surface area contributed by atoms with E-state index in [2.05, 4.69) is 45.2 Å². The summed E-state index contributed by atoms with van der Waals surface area (Å²) >= 11 is 1.81. The molecule has 0 bridgehead atoms. The van der Waals surface area contributed by atoms with Crippen molar-refractivity contribution in [2.75, 3.05) is 0 Å². The molecule has 0 saturated carbocycles. The zero-order chi connectivity index (χ0) is 11.5. The van der Waals surface area contributed by atoms with Gasteiger partial charge in [-0.2, -0.15) is 0 Å². The summed E-state index contributed by atoms with van der Waals surface area (Å²) in [6, 6.07) is 4.57. The van der Waals surface area contributed by atoms with Crippen molar-refractivity contribution in [3.8, 4) is 0 Å². The van der Waals surface area contributed by atoms with E-state index >= 15 is 0 Å². The van der Waals surface area contributed by atoms with Crippen LogP contribution in [0.25, 0.3) is 0 Å². The third-order valence-electron chi connectivity index (χ3n) is 3.18. The Labute approximate surface area is 97.7 Å². The molecule has 2 heteroatoms. The third-order valence-corrected chi connectivity index (χ3v) is 4.08. The predicted molar refractivity (Wildman–Crippen MR) is 69.2 cm³/mol. The maximum Gasteiger partial charge on any atom is 0.00899 e. The highest BCUT2D eigenvalue weighted by molar-refractivity contribution is 7.09. The monoisotopic (exact) mass is 225 g/mol. The fraction of sp³-hybridized carbons (Fsp3) is 0.692. The van der Waals surface area contributed by atoms with E-state index in [0.717, 1.165) is 12.8 Å². The van der Waals surface area contributed by atoms with E-state index in [-0.39, 0.29) is 0 Å². The first-order valence-corrected chi connectivity index (χ1v) is 6.55. The Kier molecular flexibility index (Phi) is 4.35. The quantitative estimate of drug-likeness (QED) is 0.831. The van der Waals surface area contributed by atoms with Gasteiger partial charge in [0, 0.05) is 10.9 Å². The zero-order valence-corrected chi connectivity index (χ0v) is 11.1. The van der Waals surface area contributed by atoms with Gasteiger partial charge in [-0.15, -0.1) is 11.3 Å². The molecule has 0 fully saturated rings. The molecule has 0 spiro atoms. The first-order chi connectivity index (χ1) is 6.89. The molecule has 2 unspecified atom stereocenters. The molecule has 86 valence electrons. The molecule has 0 aromatic carbocycles. The van der Waals surface area contributed by atoms with Crippen LogP contribution in [0.15, 0.2) is 17.5 Å². The average molecular weight is 225 g/mol. The van der Waals surface area contributed by atoms with Crippen LogP contribution in [0.2, 0.25) is 0 Å². The van der Waals surface area contributed by atoms with Crippen LogP contribution in [0.5, 0.6) is 0 Å². The topological polar surface area (TPSA) is 26.0 Å². The Hall–Kier alpha value is -0.340. The Morgan fingerprint density at radius 3 is 2.53 bits per heavy atom. The maximum atomic E-state index is 6.17. The Morgan fingerprint density at radius 1 is 1.40 bits per heavy atom. The van der Waals surface area contributed by atoms with Crippen molar-refractivity contribution in [1.82, 2.24) is 0 Å². The first kappa shape index (κ1) is 12.7. The van der Waals surface area contributed by atoms with Crippen molar-refractivity contribution in [2.24, 2.45) is 17.1 Å². The lowest BCUT2D eigenvalue weighted by Crippen LogP contribution is -2.29. The van der Waals surface area contributed by atoms with Gasteiger partial charge in [0.15, 0.2) is 0 Å². The predicted octanol–water partition coefficient (Wildman–Crippen LogP) is 3.69. The van der Waals surface area contributed by atoms with Crippen LogP contribution in [-0.4, -0.2) is 6.04 Å². The summed E-state index contributed by atoms with van der Waals surface area (Å²) < 4.78 is 0. The minimum atomic E-state index is 0.304. The molecule has 2 N–H and O–H groups in total.